The van der Waals surface area contributed by atoms with E-state index in [1.807, 2.05) is 19.1 Å². The van der Waals surface area contributed by atoms with Crippen molar-refractivity contribution in [2.24, 2.45) is 0 Å². The van der Waals surface area contributed by atoms with E-state index in [2.05, 4.69) is 11.8 Å². The zero-order valence-corrected chi connectivity index (χ0v) is 17.8. The van der Waals surface area contributed by atoms with Crippen molar-refractivity contribution in [2.45, 2.75) is 51.1 Å². The van der Waals surface area contributed by atoms with Crippen LogP contribution >= 0.6 is 0 Å². The lowest BCUT2D eigenvalue weighted by atomic mass is 9.87. The molecule has 0 saturated heterocycles. The summed E-state index contributed by atoms with van der Waals surface area (Å²) in [5.74, 6) is 5.91. The molecule has 0 bridgehead atoms. The normalized spacial score (nSPS) is 14.8. The summed E-state index contributed by atoms with van der Waals surface area (Å²) in [4.78, 5) is 11.0. The van der Waals surface area contributed by atoms with Gasteiger partial charge in [0.05, 0.1) is 31.1 Å². The predicted octanol–water partition coefficient (Wildman–Crippen LogP) is 5.62. The van der Waals surface area contributed by atoms with Gasteiger partial charge in [-0.05, 0) is 53.4 Å². The van der Waals surface area contributed by atoms with Crippen LogP contribution in [0.4, 0.5) is 13.2 Å². The van der Waals surface area contributed by atoms with Crippen molar-refractivity contribution >= 4 is 5.97 Å². The molecule has 0 aliphatic heterocycles. The van der Waals surface area contributed by atoms with Gasteiger partial charge >= 0.3 is 12.1 Å². The first kappa shape index (κ1) is 23.5. The standard InChI is InChI=1S/C25H25F3O4/c1-2-5-19-14-20(25(26,27)28)8-11-23(19)32-13-4-12-31-21-9-10-22-17(15-21)6-3-7-18(22)16-24(29)30/h8-11,14-15,18H,2,4-6,12-13,16H2,1H3,(H,29,30)/t18-/m0/s1. The fraction of sp³-hybridized carbons (Fsp3) is 0.400. The molecule has 1 atom stereocenters. The van der Waals surface area contributed by atoms with E-state index in [1.165, 1.54) is 6.07 Å². The highest BCUT2D eigenvalue weighted by molar-refractivity contribution is 5.69. The van der Waals surface area contributed by atoms with Gasteiger partial charge in [-0.3, -0.25) is 4.79 Å². The van der Waals surface area contributed by atoms with Crippen LogP contribution in [0, 0.1) is 11.8 Å². The fourth-order valence-corrected chi connectivity index (χ4v) is 3.64. The van der Waals surface area contributed by atoms with E-state index in [0.717, 1.165) is 29.7 Å². The van der Waals surface area contributed by atoms with Crippen molar-refractivity contribution in [3.63, 3.8) is 0 Å². The van der Waals surface area contributed by atoms with Gasteiger partial charge in [-0.1, -0.05) is 31.3 Å². The first-order valence-corrected chi connectivity index (χ1v) is 10.6. The van der Waals surface area contributed by atoms with Gasteiger partial charge in [0.2, 0.25) is 0 Å². The summed E-state index contributed by atoms with van der Waals surface area (Å²) in [6.45, 7) is 2.61. The summed E-state index contributed by atoms with van der Waals surface area (Å²) < 4.78 is 50.3. The molecule has 32 heavy (non-hydrogen) atoms. The molecule has 2 aromatic carbocycles. The summed E-state index contributed by atoms with van der Waals surface area (Å²) in [5, 5.41) is 9.04. The molecular weight excluding hydrogens is 421 g/mol. The minimum atomic E-state index is -4.37. The number of rotatable bonds is 10. The van der Waals surface area contributed by atoms with Crippen LogP contribution in [0.5, 0.6) is 11.5 Å². The molecule has 0 saturated carbocycles. The smallest absolute Gasteiger partial charge is 0.416 e. The van der Waals surface area contributed by atoms with Gasteiger partial charge in [-0.25, -0.2) is 0 Å². The number of aliphatic carboxylic acids is 1. The molecule has 1 aliphatic carbocycles. The van der Waals surface area contributed by atoms with Gasteiger partial charge < -0.3 is 14.6 Å². The summed E-state index contributed by atoms with van der Waals surface area (Å²) in [6.07, 6.45) is -2.05. The van der Waals surface area contributed by atoms with E-state index >= 15 is 0 Å². The van der Waals surface area contributed by atoms with Gasteiger partial charge in [0, 0.05) is 12.8 Å². The fourth-order valence-electron chi connectivity index (χ4n) is 3.64. The van der Waals surface area contributed by atoms with Crippen molar-refractivity contribution in [2.75, 3.05) is 13.2 Å². The van der Waals surface area contributed by atoms with Gasteiger partial charge in [0.25, 0.3) is 0 Å². The van der Waals surface area contributed by atoms with E-state index in [9.17, 15) is 18.0 Å². The highest BCUT2D eigenvalue weighted by atomic mass is 19.4. The molecule has 0 spiro atoms. The summed E-state index contributed by atoms with van der Waals surface area (Å²) in [7, 11) is 0. The van der Waals surface area contributed by atoms with Crippen molar-refractivity contribution in [3.05, 3.63) is 58.7 Å². The van der Waals surface area contributed by atoms with E-state index in [0.29, 0.717) is 49.5 Å². The van der Waals surface area contributed by atoms with Crippen molar-refractivity contribution in [1.29, 1.82) is 0 Å². The third-order valence-electron chi connectivity index (χ3n) is 5.15. The number of fused-ring (bicyclic) bond motifs is 1. The number of ether oxygens (including phenoxy) is 2. The first-order chi connectivity index (χ1) is 15.3. The van der Waals surface area contributed by atoms with E-state index in [4.69, 9.17) is 14.6 Å². The zero-order valence-electron chi connectivity index (χ0n) is 17.8. The summed E-state index contributed by atoms with van der Waals surface area (Å²) in [5.41, 5.74) is 1.78. The molecule has 170 valence electrons. The average molecular weight is 446 g/mol. The van der Waals surface area contributed by atoms with Crippen molar-refractivity contribution in [1.82, 2.24) is 0 Å². The van der Waals surface area contributed by atoms with Crippen LogP contribution in [0.3, 0.4) is 0 Å². The van der Waals surface area contributed by atoms with E-state index < -0.39 is 17.7 Å². The minimum Gasteiger partial charge on any atom is -0.493 e. The predicted molar refractivity (Wildman–Crippen MR) is 114 cm³/mol. The Bertz CT molecular complexity index is 1020. The second-order valence-electron chi connectivity index (χ2n) is 7.63. The number of aryl methyl sites for hydroxylation is 1. The Labute approximate surface area is 185 Å². The molecule has 0 heterocycles. The lowest BCUT2D eigenvalue weighted by Crippen LogP contribution is -2.11. The number of benzene rings is 2. The number of carbonyl (C=O) groups is 1. The molecule has 1 aliphatic rings. The highest BCUT2D eigenvalue weighted by Gasteiger charge is 2.31. The van der Waals surface area contributed by atoms with Gasteiger partial charge in [-0.15, -0.1) is 0 Å². The largest absolute Gasteiger partial charge is 0.493 e. The SMILES string of the molecule is CCCc1cc(C(F)(F)F)ccc1OCCCOc1ccc2c(c1)CC#C[C@H]2CC(=O)O. The van der Waals surface area contributed by atoms with Crippen LogP contribution < -0.4 is 9.47 Å². The molecule has 2 aromatic rings. The van der Waals surface area contributed by atoms with Crippen LogP contribution in [0.2, 0.25) is 0 Å². The molecule has 0 aromatic heterocycles. The number of hydrogen-bond acceptors (Lipinski definition) is 3. The molecule has 7 heteroatoms. The van der Waals surface area contributed by atoms with Gasteiger partial charge in [0.15, 0.2) is 0 Å². The minimum absolute atomic E-state index is 0.0263. The molecule has 0 fully saturated rings. The first-order valence-electron chi connectivity index (χ1n) is 10.6. The second-order valence-corrected chi connectivity index (χ2v) is 7.63. The Morgan fingerprint density at radius 1 is 1.16 bits per heavy atom. The maximum Gasteiger partial charge on any atom is 0.416 e. The lowest BCUT2D eigenvalue weighted by Gasteiger charge is -2.18. The van der Waals surface area contributed by atoms with Crippen LogP contribution in [0.1, 0.15) is 54.4 Å². The molecule has 0 unspecified atom stereocenters. The highest BCUT2D eigenvalue weighted by Crippen LogP contribution is 2.33. The van der Waals surface area contributed by atoms with Crippen molar-refractivity contribution in [3.8, 4) is 23.3 Å². The van der Waals surface area contributed by atoms with Crippen LogP contribution in [-0.4, -0.2) is 24.3 Å². The zero-order chi connectivity index (χ0) is 23.1. The Morgan fingerprint density at radius 3 is 2.66 bits per heavy atom. The second kappa shape index (κ2) is 10.4. The van der Waals surface area contributed by atoms with E-state index in [-0.39, 0.29) is 12.3 Å². The molecule has 3 rings (SSSR count). The Hall–Kier alpha value is -3.14. The Balaban J connectivity index is 1.52. The number of halogens is 3. The van der Waals surface area contributed by atoms with Gasteiger partial charge in [-0.2, -0.15) is 13.2 Å². The van der Waals surface area contributed by atoms with Crippen LogP contribution in [-0.2, 0) is 23.8 Å². The maximum atomic E-state index is 12.9. The topological polar surface area (TPSA) is 55.8 Å². The maximum absolute atomic E-state index is 12.9. The van der Waals surface area contributed by atoms with Gasteiger partial charge in [0.1, 0.15) is 11.5 Å². The monoisotopic (exact) mass is 446 g/mol. The number of carboxylic acids is 1. The molecule has 0 amide bonds. The molecule has 0 radical (unpaired) electrons. The molecular formula is C25H25F3O4. The van der Waals surface area contributed by atoms with Crippen LogP contribution in [0.25, 0.3) is 0 Å². The lowest BCUT2D eigenvalue weighted by molar-refractivity contribution is -0.138. The molecule has 4 nitrogen and oxygen atoms in total. The summed E-state index contributed by atoms with van der Waals surface area (Å²) >= 11 is 0. The van der Waals surface area contributed by atoms with Crippen LogP contribution in [0.15, 0.2) is 36.4 Å². The number of carboxylic acid groups (broad SMARTS) is 1. The third kappa shape index (κ3) is 6.19. The quantitative estimate of drug-likeness (QED) is 0.380. The summed E-state index contributed by atoms with van der Waals surface area (Å²) in [6, 6.07) is 9.13. The number of hydrogen-bond donors (Lipinski definition) is 1. The number of alkyl halides is 3. The third-order valence-corrected chi connectivity index (χ3v) is 5.15. The van der Waals surface area contributed by atoms with E-state index in [1.54, 1.807) is 6.07 Å². The molecule has 1 N–H and O–H groups in total. The Morgan fingerprint density at radius 2 is 1.94 bits per heavy atom. The Kier molecular flexibility index (Phi) is 7.68. The van der Waals surface area contributed by atoms with Crippen molar-refractivity contribution < 1.29 is 32.5 Å². The average Bonchev–Trinajstić information content (AvgIpc) is 2.73.